The van der Waals surface area contributed by atoms with Gasteiger partial charge in [-0.3, -0.25) is 9.59 Å². The first kappa shape index (κ1) is 20.2. The van der Waals surface area contributed by atoms with Gasteiger partial charge in [-0.15, -0.1) is 0 Å². The molecule has 1 atom stereocenters. The normalized spacial score (nSPS) is 11.9. The van der Waals surface area contributed by atoms with E-state index in [1.54, 1.807) is 0 Å². The van der Waals surface area contributed by atoms with Gasteiger partial charge in [0.2, 0.25) is 0 Å². The van der Waals surface area contributed by atoms with Crippen molar-refractivity contribution in [3.8, 4) is 0 Å². The minimum absolute atomic E-state index is 0.177. The van der Waals surface area contributed by atoms with Crippen molar-refractivity contribution in [2.24, 2.45) is 5.92 Å². The van der Waals surface area contributed by atoms with Crippen LogP contribution in [0.2, 0.25) is 0 Å². The summed E-state index contributed by atoms with van der Waals surface area (Å²) in [5.74, 6) is -1.63. The molecule has 24 heavy (non-hydrogen) atoms. The van der Waals surface area contributed by atoms with Gasteiger partial charge in [0.1, 0.15) is 0 Å². The average molecular weight is 334 g/mol. The number of unbranched alkanes of at least 4 members (excludes halogenated alkanes) is 1. The summed E-state index contributed by atoms with van der Waals surface area (Å²) < 4.78 is 5.08. The van der Waals surface area contributed by atoms with Gasteiger partial charge in [0.05, 0.1) is 12.5 Å². The van der Waals surface area contributed by atoms with Gasteiger partial charge in [0.25, 0.3) is 0 Å². The van der Waals surface area contributed by atoms with Gasteiger partial charge >= 0.3 is 11.9 Å². The molecule has 0 radical (unpaired) electrons. The molecule has 0 aliphatic rings. The van der Waals surface area contributed by atoms with E-state index in [2.05, 4.69) is 31.2 Å². The number of hydrogen-bond acceptors (Lipinski definition) is 3. The Morgan fingerprint density at radius 3 is 2.17 bits per heavy atom. The van der Waals surface area contributed by atoms with E-state index in [0.29, 0.717) is 25.9 Å². The second kappa shape index (κ2) is 11.7. The maximum absolute atomic E-state index is 11.6. The lowest BCUT2D eigenvalue weighted by Gasteiger charge is -2.12. The molecule has 1 aromatic rings. The molecule has 134 valence electrons. The first-order valence-corrected chi connectivity index (χ1v) is 9.03. The minimum atomic E-state index is -0.834. The summed E-state index contributed by atoms with van der Waals surface area (Å²) in [4.78, 5) is 23.0. The SMILES string of the molecule is CCCCOC(=O)CC[C@@H](CCc1ccc(CCC)cc1)C(=O)O. The van der Waals surface area contributed by atoms with E-state index in [9.17, 15) is 14.7 Å². The summed E-state index contributed by atoms with van der Waals surface area (Å²) in [7, 11) is 0. The van der Waals surface area contributed by atoms with Crippen molar-refractivity contribution >= 4 is 11.9 Å². The van der Waals surface area contributed by atoms with Crippen molar-refractivity contribution in [2.45, 2.75) is 65.2 Å². The van der Waals surface area contributed by atoms with Crippen LogP contribution in [0.15, 0.2) is 24.3 Å². The van der Waals surface area contributed by atoms with Crippen LogP contribution in [0.1, 0.15) is 63.5 Å². The summed E-state index contributed by atoms with van der Waals surface area (Å²) in [5.41, 5.74) is 2.46. The lowest BCUT2D eigenvalue weighted by Crippen LogP contribution is -2.17. The largest absolute Gasteiger partial charge is 0.481 e. The zero-order chi connectivity index (χ0) is 17.8. The Morgan fingerprint density at radius 1 is 1.00 bits per heavy atom. The van der Waals surface area contributed by atoms with Gasteiger partial charge in [0.15, 0.2) is 0 Å². The fourth-order valence-corrected chi connectivity index (χ4v) is 2.59. The quantitative estimate of drug-likeness (QED) is 0.455. The van der Waals surface area contributed by atoms with Gasteiger partial charge in [-0.2, -0.15) is 0 Å². The highest BCUT2D eigenvalue weighted by Gasteiger charge is 2.19. The molecule has 0 saturated heterocycles. The van der Waals surface area contributed by atoms with Crippen molar-refractivity contribution in [3.05, 3.63) is 35.4 Å². The van der Waals surface area contributed by atoms with Crippen LogP contribution >= 0.6 is 0 Å². The molecule has 1 N–H and O–H groups in total. The molecule has 0 amide bonds. The highest BCUT2D eigenvalue weighted by Crippen LogP contribution is 2.17. The van der Waals surface area contributed by atoms with E-state index in [4.69, 9.17) is 4.74 Å². The third-order valence-corrected chi connectivity index (χ3v) is 4.15. The zero-order valence-corrected chi connectivity index (χ0v) is 14.9. The molecule has 1 rings (SSSR count). The number of carbonyl (C=O) groups excluding carboxylic acids is 1. The van der Waals surface area contributed by atoms with Crippen LogP contribution in [-0.4, -0.2) is 23.7 Å². The Balaban J connectivity index is 2.40. The first-order chi connectivity index (χ1) is 11.6. The smallest absolute Gasteiger partial charge is 0.306 e. The number of aryl methyl sites for hydroxylation is 2. The van der Waals surface area contributed by atoms with Crippen molar-refractivity contribution < 1.29 is 19.4 Å². The summed E-state index contributed by atoms with van der Waals surface area (Å²) >= 11 is 0. The Morgan fingerprint density at radius 2 is 1.62 bits per heavy atom. The van der Waals surface area contributed by atoms with E-state index in [-0.39, 0.29) is 12.4 Å². The number of hydrogen-bond donors (Lipinski definition) is 1. The molecule has 0 heterocycles. The number of aliphatic carboxylic acids is 1. The summed E-state index contributed by atoms with van der Waals surface area (Å²) in [6.07, 6.45) is 5.79. The van der Waals surface area contributed by atoms with Crippen LogP contribution in [0.3, 0.4) is 0 Å². The molecule has 4 heteroatoms. The highest BCUT2D eigenvalue weighted by atomic mass is 16.5. The summed E-state index contributed by atoms with van der Waals surface area (Å²) in [6.45, 7) is 4.61. The van der Waals surface area contributed by atoms with Gasteiger partial charge in [-0.05, 0) is 43.2 Å². The van der Waals surface area contributed by atoms with Crippen LogP contribution in [0.5, 0.6) is 0 Å². The van der Waals surface area contributed by atoms with Crippen molar-refractivity contribution in [1.82, 2.24) is 0 Å². The first-order valence-electron chi connectivity index (χ1n) is 9.03. The predicted molar refractivity (Wildman–Crippen MR) is 95.0 cm³/mol. The number of ether oxygens (including phenoxy) is 1. The minimum Gasteiger partial charge on any atom is -0.481 e. The number of esters is 1. The Kier molecular flexibility index (Phi) is 9.81. The van der Waals surface area contributed by atoms with Crippen LogP contribution in [0.25, 0.3) is 0 Å². The van der Waals surface area contributed by atoms with Crippen LogP contribution in [-0.2, 0) is 27.2 Å². The standard InChI is InChI=1S/C20H30O4/c1-3-5-15-24-19(21)14-13-18(20(22)23)12-11-17-9-7-16(6-4-2)8-10-17/h7-10,18H,3-6,11-15H2,1-2H3,(H,22,23)/t18-/m1/s1. The Bertz CT molecular complexity index is 493. The number of rotatable bonds is 12. The molecule has 0 fully saturated rings. The molecular weight excluding hydrogens is 304 g/mol. The Hall–Kier alpha value is -1.84. The maximum Gasteiger partial charge on any atom is 0.306 e. The van der Waals surface area contributed by atoms with Crippen molar-refractivity contribution in [3.63, 3.8) is 0 Å². The average Bonchev–Trinajstić information content (AvgIpc) is 2.56. The summed E-state index contributed by atoms with van der Waals surface area (Å²) in [6, 6.07) is 8.37. The number of carboxylic acid groups (broad SMARTS) is 1. The fourth-order valence-electron chi connectivity index (χ4n) is 2.59. The lowest BCUT2D eigenvalue weighted by atomic mass is 9.94. The molecule has 0 aromatic heterocycles. The molecule has 4 nitrogen and oxygen atoms in total. The second-order valence-electron chi connectivity index (χ2n) is 6.25. The lowest BCUT2D eigenvalue weighted by molar-refractivity contribution is -0.145. The Labute approximate surface area is 145 Å². The van der Waals surface area contributed by atoms with E-state index in [1.165, 1.54) is 5.56 Å². The second-order valence-corrected chi connectivity index (χ2v) is 6.25. The van der Waals surface area contributed by atoms with E-state index in [0.717, 1.165) is 31.2 Å². The topological polar surface area (TPSA) is 63.6 Å². The predicted octanol–water partition coefficient (Wildman–Crippen LogP) is 4.40. The maximum atomic E-state index is 11.6. The molecule has 0 aliphatic heterocycles. The van der Waals surface area contributed by atoms with Gasteiger partial charge in [-0.1, -0.05) is 51.0 Å². The molecule has 0 unspecified atom stereocenters. The van der Waals surface area contributed by atoms with Gasteiger partial charge in [0, 0.05) is 6.42 Å². The van der Waals surface area contributed by atoms with Crippen molar-refractivity contribution in [1.29, 1.82) is 0 Å². The third-order valence-electron chi connectivity index (χ3n) is 4.15. The number of benzene rings is 1. The number of carbonyl (C=O) groups is 2. The van der Waals surface area contributed by atoms with Gasteiger partial charge in [-0.25, -0.2) is 0 Å². The summed E-state index contributed by atoms with van der Waals surface area (Å²) in [5, 5.41) is 9.34. The monoisotopic (exact) mass is 334 g/mol. The van der Waals surface area contributed by atoms with Crippen molar-refractivity contribution in [2.75, 3.05) is 6.61 Å². The van der Waals surface area contributed by atoms with E-state index >= 15 is 0 Å². The van der Waals surface area contributed by atoms with E-state index in [1.807, 2.05) is 6.92 Å². The highest BCUT2D eigenvalue weighted by molar-refractivity contribution is 5.73. The molecule has 0 saturated carbocycles. The molecule has 1 aromatic carbocycles. The van der Waals surface area contributed by atoms with Crippen LogP contribution in [0, 0.1) is 5.92 Å². The fraction of sp³-hybridized carbons (Fsp3) is 0.600. The van der Waals surface area contributed by atoms with Gasteiger partial charge < -0.3 is 9.84 Å². The van der Waals surface area contributed by atoms with Crippen LogP contribution < -0.4 is 0 Å². The molecular formula is C20H30O4. The third kappa shape index (κ3) is 8.14. The zero-order valence-electron chi connectivity index (χ0n) is 14.9. The van der Waals surface area contributed by atoms with Crippen LogP contribution in [0.4, 0.5) is 0 Å². The molecule has 0 spiro atoms. The molecule has 0 aliphatic carbocycles. The van der Waals surface area contributed by atoms with E-state index < -0.39 is 11.9 Å². The molecule has 0 bridgehead atoms. The number of carboxylic acids is 1.